The average Bonchev–Trinajstić information content (AvgIpc) is 2.52. The highest BCUT2D eigenvalue weighted by Crippen LogP contribution is 2.25. The van der Waals surface area contributed by atoms with Gasteiger partial charge in [-0.3, -0.25) is 0 Å². The highest BCUT2D eigenvalue weighted by atomic mass is 32.2. The van der Waals surface area contributed by atoms with Gasteiger partial charge in [0.2, 0.25) is 0 Å². The van der Waals surface area contributed by atoms with Crippen LogP contribution in [0.3, 0.4) is 0 Å². The van der Waals surface area contributed by atoms with Gasteiger partial charge in [0, 0.05) is 10.6 Å². The van der Waals surface area contributed by atoms with Crippen molar-refractivity contribution in [3.05, 3.63) is 0 Å². The van der Waals surface area contributed by atoms with Gasteiger partial charge in [-0.25, -0.2) is 0 Å². The minimum Gasteiger partial charge on any atom is -0.348 e. The molecule has 1 saturated heterocycles. The van der Waals surface area contributed by atoms with E-state index in [-0.39, 0.29) is 5.79 Å². The molecule has 1 aliphatic rings. The van der Waals surface area contributed by atoms with Crippen molar-refractivity contribution in [3.63, 3.8) is 0 Å². The predicted octanol–water partition coefficient (Wildman–Crippen LogP) is 2.61. The summed E-state index contributed by atoms with van der Waals surface area (Å²) in [6, 6.07) is 0. The first-order valence-corrected chi connectivity index (χ1v) is 6.14. The van der Waals surface area contributed by atoms with Crippen LogP contribution in [-0.4, -0.2) is 29.5 Å². The van der Waals surface area contributed by atoms with E-state index in [1.807, 2.05) is 13.2 Å². The molecule has 0 N–H and O–H groups in total. The monoisotopic (exact) mass is 220 g/mol. The highest BCUT2D eigenvalue weighted by Gasteiger charge is 2.29. The van der Waals surface area contributed by atoms with Gasteiger partial charge >= 0.3 is 0 Å². The Labute approximate surface area is 89.4 Å². The lowest BCUT2D eigenvalue weighted by Crippen LogP contribution is -2.25. The second kappa shape index (κ2) is 5.29. The quantitative estimate of drug-likeness (QED) is 0.678. The van der Waals surface area contributed by atoms with Crippen LogP contribution in [0, 0.1) is 0 Å². The van der Waals surface area contributed by atoms with E-state index in [1.165, 1.54) is 0 Å². The molecule has 1 fully saturated rings. The SMILES string of the molecule is CSC(=S)CCCC1(C)OCCO1. The Morgan fingerprint density at radius 3 is 2.62 bits per heavy atom. The fraction of sp³-hybridized carbons (Fsp3) is 0.889. The van der Waals surface area contributed by atoms with Crippen LogP contribution in [0.4, 0.5) is 0 Å². The summed E-state index contributed by atoms with van der Waals surface area (Å²) in [5.41, 5.74) is 0. The van der Waals surface area contributed by atoms with Gasteiger partial charge in [0.25, 0.3) is 0 Å². The Morgan fingerprint density at radius 1 is 1.46 bits per heavy atom. The molecule has 0 aliphatic carbocycles. The average molecular weight is 220 g/mol. The molecular formula is C9H16O2S2. The van der Waals surface area contributed by atoms with Crippen LogP contribution in [0.2, 0.25) is 0 Å². The Kier molecular flexibility index (Phi) is 4.66. The number of hydrogen-bond acceptors (Lipinski definition) is 4. The smallest absolute Gasteiger partial charge is 0.165 e. The van der Waals surface area contributed by atoms with Gasteiger partial charge in [0.05, 0.1) is 13.2 Å². The van der Waals surface area contributed by atoms with Crippen LogP contribution >= 0.6 is 24.0 Å². The van der Waals surface area contributed by atoms with Crippen LogP contribution < -0.4 is 0 Å². The largest absolute Gasteiger partial charge is 0.348 e. The molecule has 1 rings (SSSR count). The van der Waals surface area contributed by atoms with Crippen molar-refractivity contribution in [2.45, 2.75) is 32.0 Å². The summed E-state index contributed by atoms with van der Waals surface area (Å²) in [7, 11) is 0. The third kappa shape index (κ3) is 3.94. The second-order valence-electron chi connectivity index (χ2n) is 3.26. The van der Waals surface area contributed by atoms with Crippen molar-refractivity contribution in [1.29, 1.82) is 0 Å². The molecule has 0 saturated carbocycles. The van der Waals surface area contributed by atoms with Crippen LogP contribution in [0.1, 0.15) is 26.2 Å². The molecule has 0 aromatic rings. The normalized spacial score (nSPS) is 20.5. The van der Waals surface area contributed by atoms with E-state index >= 15 is 0 Å². The Hall–Kier alpha value is 0.360. The van der Waals surface area contributed by atoms with Crippen molar-refractivity contribution in [2.24, 2.45) is 0 Å². The zero-order valence-corrected chi connectivity index (χ0v) is 9.80. The Bertz CT molecular complexity index is 176. The molecule has 0 radical (unpaired) electrons. The third-order valence-corrected chi connectivity index (χ3v) is 3.50. The fourth-order valence-electron chi connectivity index (χ4n) is 1.36. The first kappa shape index (κ1) is 11.4. The molecule has 2 nitrogen and oxygen atoms in total. The molecule has 0 spiro atoms. The van der Waals surface area contributed by atoms with E-state index in [9.17, 15) is 0 Å². The van der Waals surface area contributed by atoms with Gasteiger partial charge in [-0.1, -0.05) is 12.2 Å². The van der Waals surface area contributed by atoms with E-state index in [4.69, 9.17) is 21.7 Å². The van der Waals surface area contributed by atoms with Gasteiger partial charge < -0.3 is 9.47 Å². The molecule has 0 amide bonds. The minimum absolute atomic E-state index is 0.339. The van der Waals surface area contributed by atoms with Gasteiger partial charge in [-0.05, 0) is 26.0 Å². The van der Waals surface area contributed by atoms with Gasteiger partial charge in [-0.15, -0.1) is 11.8 Å². The molecule has 0 unspecified atom stereocenters. The van der Waals surface area contributed by atoms with Crippen molar-refractivity contribution in [1.82, 2.24) is 0 Å². The van der Waals surface area contributed by atoms with E-state index < -0.39 is 0 Å². The maximum absolute atomic E-state index is 5.48. The van der Waals surface area contributed by atoms with Crippen LogP contribution in [-0.2, 0) is 9.47 Å². The van der Waals surface area contributed by atoms with Gasteiger partial charge in [-0.2, -0.15) is 0 Å². The molecular weight excluding hydrogens is 204 g/mol. The second-order valence-corrected chi connectivity index (χ2v) is 4.91. The molecule has 0 aromatic carbocycles. The molecule has 4 heteroatoms. The summed E-state index contributed by atoms with van der Waals surface area (Å²) in [5.74, 6) is -0.339. The summed E-state index contributed by atoms with van der Waals surface area (Å²) >= 11 is 6.77. The number of rotatable bonds is 4. The predicted molar refractivity (Wildman–Crippen MR) is 60.3 cm³/mol. The van der Waals surface area contributed by atoms with Crippen molar-refractivity contribution in [2.75, 3.05) is 19.5 Å². The maximum atomic E-state index is 5.48. The van der Waals surface area contributed by atoms with Crippen LogP contribution in [0.15, 0.2) is 0 Å². The lowest BCUT2D eigenvalue weighted by molar-refractivity contribution is -0.147. The number of thiocarbonyl (C=S) groups is 1. The van der Waals surface area contributed by atoms with Crippen LogP contribution in [0.25, 0.3) is 0 Å². The molecule has 0 atom stereocenters. The van der Waals surface area contributed by atoms with E-state index in [0.29, 0.717) is 0 Å². The third-order valence-electron chi connectivity index (χ3n) is 2.14. The molecule has 0 bridgehead atoms. The standard InChI is InChI=1S/C9H16O2S2/c1-9(10-6-7-11-9)5-3-4-8(12)13-2/h3-7H2,1-2H3. The molecule has 76 valence electrons. The number of thioether (sulfide) groups is 1. The van der Waals surface area contributed by atoms with Crippen molar-refractivity contribution < 1.29 is 9.47 Å². The highest BCUT2D eigenvalue weighted by molar-refractivity contribution is 8.22. The summed E-state index contributed by atoms with van der Waals surface area (Å²) < 4.78 is 12.0. The van der Waals surface area contributed by atoms with Crippen LogP contribution in [0.5, 0.6) is 0 Å². The maximum Gasteiger partial charge on any atom is 0.165 e. The number of ether oxygens (including phenoxy) is 2. The zero-order valence-electron chi connectivity index (χ0n) is 8.17. The Balaban J connectivity index is 2.14. The molecule has 1 aliphatic heterocycles. The van der Waals surface area contributed by atoms with E-state index in [2.05, 4.69) is 0 Å². The summed E-state index contributed by atoms with van der Waals surface area (Å²) in [6.45, 7) is 3.45. The van der Waals surface area contributed by atoms with E-state index in [0.717, 1.165) is 36.7 Å². The summed E-state index contributed by atoms with van der Waals surface area (Å²) in [5, 5.41) is 0. The first-order chi connectivity index (χ1) is 6.16. The zero-order chi connectivity index (χ0) is 9.73. The van der Waals surface area contributed by atoms with Gasteiger partial charge in [0.15, 0.2) is 5.79 Å². The lowest BCUT2D eigenvalue weighted by Gasteiger charge is -2.21. The molecule has 1 heterocycles. The van der Waals surface area contributed by atoms with Crippen molar-refractivity contribution >= 4 is 28.2 Å². The number of hydrogen-bond donors (Lipinski definition) is 0. The fourth-order valence-corrected chi connectivity index (χ4v) is 1.85. The summed E-state index contributed by atoms with van der Waals surface area (Å²) in [6.07, 6.45) is 5.00. The molecule has 13 heavy (non-hydrogen) atoms. The summed E-state index contributed by atoms with van der Waals surface area (Å²) in [4.78, 5) is 0. The molecule has 0 aromatic heterocycles. The van der Waals surface area contributed by atoms with Crippen molar-refractivity contribution in [3.8, 4) is 0 Å². The van der Waals surface area contributed by atoms with E-state index in [1.54, 1.807) is 11.8 Å². The minimum atomic E-state index is -0.339. The van der Waals surface area contributed by atoms with Gasteiger partial charge in [0.1, 0.15) is 0 Å². The Morgan fingerprint density at radius 2 is 2.08 bits per heavy atom. The lowest BCUT2D eigenvalue weighted by atomic mass is 10.1. The topological polar surface area (TPSA) is 18.5 Å². The first-order valence-electron chi connectivity index (χ1n) is 4.51.